The normalized spacial score (nSPS) is 12.8. The molecule has 0 spiro atoms. The molecule has 1 heterocycles. The zero-order chi connectivity index (χ0) is 9.14. The largest absolute Gasteiger partial charge is 0.480 e. The van der Waals surface area contributed by atoms with E-state index in [1.54, 1.807) is 19.2 Å². The van der Waals surface area contributed by atoms with Gasteiger partial charge in [0.15, 0.2) is 0 Å². The van der Waals surface area contributed by atoms with Gasteiger partial charge in [0.05, 0.1) is 4.34 Å². The summed E-state index contributed by atoms with van der Waals surface area (Å²) in [5.41, 5.74) is 0. The molecule has 0 saturated carbocycles. The Bertz CT molecular complexity index is 287. The number of likely N-dealkylation sites (N-methyl/N-ethyl adjacent to an activating group) is 1. The Labute approximate surface area is 79.0 Å². The van der Waals surface area contributed by atoms with Crippen molar-refractivity contribution in [2.75, 3.05) is 7.05 Å². The Kier molecular flexibility index (Phi) is 3.08. The first-order chi connectivity index (χ1) is 5.65. The van der Waals surface area contributed by atoms with E-state index in [0.717, 1.165) is 4.88 Å². The maximum absolute atomic E-state index is 10.6. The van der Waals surface area contributed by atoms with E-state index in [9.17, 15) is 4.79 Å². The second-order valence-corrected chi connectivity index (χ2v) is 3.95. The zero-order valence-electron chi connectivity index (χ0n) is 6.37. The van der Waals surface area contributed by atoms with Crippen LogP contribution < -0.4 is 5.32 Å². The van der Waals surface area contributed by atoms with E-state index in [1.165, 1.54) is 11.3 Å². The van der Waals surface area contributed by atoms with Crippen LogP contribution in [0.25, 0.3) is 0 Å². The predicted octanol–water partition coefficient (Wildman–Crippen LogP) is 1.75. The van der Waals surface area contributed by atoms with Crippen molar-refractivity contribution in [3.63, 3.8) is 0 Å². The van der Waals surface area contributed by atoms with Crippen molar-refractivity contribution in [1.29, 1.82) is 0 Å². The SMILES string of the molecule is CNC(C(=O)O)c1ccc(Cl)s1. The highest BCUT2D eigenvalue weighted by Gasteiger charge is 2.18. The minimum Gasteiger partial charge on any atom is -0.480 e. The summed E-state index contributed by atoms with van der Waals surface area (Å²) in [4.78, 5) is 11.4. The number of hydrogen-bond donors (Lipinski definition) is 2. The van der Waals surface area contributed by atoms with Crippen LogP contribution in [0.15, 0.2) is 12.1 Å². The third-order valence-corrected chi connectivity index (χ3v) is 2.71. The molecule has 1 aromatic heterocycles. The van der Waals surface area contributed by atoms with Crippen LogP contribution in [0.3, 0.4) is 0 Å². The molecule has 0 amide bonds. The maximum Gasteiger partial charge on any atom is 0.326 e. The van der Waals surface area contributed by atoms with Crippen LogP contribution >= 0.6 is 22.9 Å². The molecule has 1 aromatic rings. The van der Waals surface area contributed by atoms with Crippen molar-refractivity contribution in [3.05, 3.63) is 21.3 Å². The molecule has 0 aliphatic rings. The first-order valence-electron chi connectivity index (χ1n) is 3.30. The van der Waals surface area contributed by atoms with E-state index in [4.69, 9.17) is 16.7 Å². The van der Waals surface area contributed by atoms with Gasteiger partial charge in [-0.3, -0.25) is 4.79 Å². The van der Waals surface area contributed by atoms with Crippen molar-refractivity contribution >= 4 is 28.9 Å². The maximum atomic E-state index is 10.6. The van der Waals surface area contributed by atoms with Crippen LogP contribution in [0.2, 0.25) is 4.34 Å². The summed E-state index contributed by atoms with van der Waals surface area (Å²) in [6, 6.07) is 2.75. The predicted molar refractivity (Wildman–Crippen MR) is 48.8 cm³/mol. The summed E-state index contributed by atoms with van der Waals surface area (Å²) in [5.74, 6) is -0.893. The molecule has 3 nitrogen and oxygen atoms in total. The lowest BCUT2D eigenvalue weighted by Gasteiger charge is -2.07. The Morgan fingerprint density at radius 3 is 2.75 bits per heavy atom. The van der Waals surface area contributed by atoms with Crippen LogP contribution in [0.1, 0.15) is 10.9 Å². The summed E-state index contributed by atoms with van der Waals surface area (Å²) < 4.78 is 0.603. The fraction of sp³-hybridized carbons (Fsp3) is 0.286. The zero-order valence-corrected chi connectivity index (χ0v) is 7.95. The number of thiophene rings is 1. The first-order valence-corrected chi connectivity index (χ1v) is 4.50. The number of halogens is 1. The van der Waals surface area contributed by atoms with Gasteiger partial charge in [0.25, 0.3) is 0 Å². The molecule has 0 aliphatic carbocycles. The number of rotatable bonds is 3. The van der Waals surface area contributed by atoms with Gasteiger partial charge in [-0.1, -0.05) is 11.6 Å². The highest BCUT2D eigenvalue weighted by atomic mass is 35.5. The van der Waals surface area contributed by atoms with Crippen LogP contribution in [-0.4, -0.2) is 18.1 Å². The van der Waals surface area contributed by atoms with Crippen LogP contribution in [0, 0.1) is 0 Å². The van der Waals surface area contributed by atoms with Gasteiger partial charge in [-0.2, -0.15) is 0 Å². The molecule has 0 aromatic carbocycles. The highest BCUT2D eigenvalue weighted by Crippen LogP contribution is 2.26. The Hall–Kier alpha value is -0.580. The molecule has 0 fully saturated rings. The van der Waals surface area contributed by atoms with Crippen LogP contribution in [0.5, 0.6) is 0 Å². The Morgan fingerprint density at radius 2 is 2.42 bits per heavy atom. The molecule has 1 unspecified atom stereocenters. The average Bonchev–Trinajstić information content (AvgIpc) is 2.37. The Balaban J connectivity index is 2.87. The van der Waals surface area contributed by atoms with Crippen molar-refractivity contribution in [3.8, 4) is 0 Å². The molecule has 1 atom stereocenters. The third kappa shape index (κ3) is 1.97. The van der Waals surface area contributed by atoms with Gasteiger partial charge < -0.3 is 10.4 Å². The molecular formula is C7H8ClNO2S. The second kappa shape index (κ2) is 3.89. The van der Waals surface area contributed by atoms with E-state index in [0.29, 0.717) is 4.34 Å². The van der Waals surface area contributed by atoms with Crippen LogP contribution in [-0.2, 0) is 4.79 Å². The molecule has 12 heavy (non-hydrogen) atoms. The molecule has 0 bridgehead atoms. The Morgan fingerprint density at radius 1 is 1.75 bits per heavy atom. The average molecular weight is 206 g/mol. The van der Waals surface area contributed by atoms with E-state index in [2.05, 4.69) is 5.32 Å². The van der Waals surface area contributed by atoms with Crippen molar-refractivity contribution in [1.82, 2.24) is 5.32 Å². The van der Waals surface area contributed by atoms with Crippen molar-refractivity contribution in [2.45, 2.75) is 6.04 Å². The molecule has 66 valence electrons. The quantitative estimate of drug-likeness (QED) is 0.791. The van der Waals surface area contributed by atoms with Crippen molar-refractivity contribution in [2.24, 2.45) is 0 Å². The van der Waals surface area contributed by atoms with Gasteiger partial charge in [0.2, 0.25) is 0 Å². The minimum atomic E-state index is -0.893. The number of aliphatic carboxylic acids is 1. The molecule has 0 radical (unpaired) electrons. The van der Waals surface area contributed by atoms with Gasteiger partial charge in [0.1, 0.15) is 6.04 Å². The number of carbonyl (C=O) groups is 1. The minimum absolute atomic E-state index is 0.603. The lowest BCUT2D eigenvalue weighted by molar-refractivity contribution is -0.139. The monoisotopic (exact) mass is 205 g/mol. The lowest BCUT2D eigenvalue weighted by atomic mass is 10.2. The lowest BCUT2D eigenvalue weighted by Crippen LogP contribution is -2.23. The number of carboxylic acids is 1. The molecule has 0 aliphatic heterocycles. The van der Waals surface area contributed by atoms with E-state index < -0.39 is 12.0 Å². The number of carboxylic acid groups (broad SMARTS) is 1. The number of hydrogen-bond acceptors (Lipinski definition) is 3. The fourth-order valence-electron chi connectivity index (χ4n) is 0.871. The topological polar surface area (TPSA) is 49.3 Å². The smallest absolute Gasteiger partial charge is 0.326 e. The van der Waals surface area contributed by atoms with Gasteiger partial charge >= 0.3 is 5.97 Å². The third-order valence-electron chi connectivity index (χ3n) is 1.41. The summed E-state index contributed by atoms with van der Waals surface area (Å²) >= 11 is 6.93. The van der Waals surface area contributed by atoms with Crippen molar-refractivity contribution < 1.29 is 9.90 Å². The second-order valence-electron chi connectivity index (χ2n) is 2.20. The standard InChI is InChI=1S/C7H8ClNO2S/c1-9-6(7(10)11)4-2-3-5(8)12-4/h2-3,6,9H,1H3,(H,10,11). The van der Waals surface area contributed by atoms with Gasteiger partial charge in [-0.25, -0.2) is 0 Å². The van der Waals surface area contributed by atoms with E-state index >= 15 is 0 Å². The first kappa shape index (κ1) is 9.51. The van der Waals surface area contributed by atoms with E-state index in [1.807, 2.05) is 0 Å². The summed E-state index contributed by atoms with van der Waals surface area (Å²) in [7, 11) is 1.60. The number of nitrogens with one attached hydrogen (secondary N) is 1. The van der Waals surface area contributed by atoms with E-state index in [-0.39, 0.29) is 0 Å². The molecule has 2 N–H and O–H groups in total. The summed E-state index contributed by atoms with van der Waals surface area (Å²) in [6.07, 6.45) is 0. The van der Waals surface area contributed by atoms with Gasteiger partial charge in [-0.15, -0.1) is 11.3 Å². The van der Waals surface area contributed by atoms with Crippen LogP contribution in [0.4, 0.5) is 0 Å². The molecule has 0 saturated heterocycles. The summed E-state index contributed by atoms with van der Waals surface area (Å²) in [6.45, 7) is 0. The highest BCUT2D eigenvalue weighted by molar-refractivity contribution is 7.16. The fourth-order valence-corrected chi connectivity index (χ4v) is 2.03. The molecular weight excluding hydrogens is 198 g/mol. The summed E-state index contributed by atoms with van der Waals surface area (Å²) in [5, 5.41) is 11.4. The van der Waals surface area contributed by atoms with Gasteiger partial charge in [-0.05, 0) is 19.2 Å². The molecule has 1 rings (SSSR count). The molecule has 5 heteroatoms. The van der Waals surface area contributed by atoms with Gasteiger partial charge in [0, 0.05) is 4.88 Å².